The summed E-state index contributed by atoms with van der Waals surface area (Å²) in [6, 6.07) is 1.86. The fraction of sp³-hybridized carbons (Fsp3) is 0.588. The minimum absolute atomic E-state index is 0.0273. The normalized spacial score (nSPS) is 20.1. The van der Waals surface area contributed by atoms with E-state index in [1.54, 1.807) is 10.9 Å². The summed E-state index contributed by atoms with van der Waals surface area (Å²) >= 11 is 0. The number of anilines is 1. The fourth-order valence-corrected chi connectivity index (χ4v) is 3.45. The first-order chi connectivity index (χ1) is 11.5. The Kier molecular flexibility index (Phi) is 4.71. The molecule has 2 aromatic heterocycles. The van der Waals surface area contributed by atoms with E-state index in [4.69, 9.17) is 0 Å². The van der Waals surface area contributed by atoms with Gasteiger partial charge in [-0.15, -0.1) is 0 Å². The molecule has 0 radical (unpaired) electrons. The van der Waals surface area contributed by atoms with Crippen LogP contribution in [0.3, 0.4) is 0 Å². The van der Waals surface area contributed by atoms with E-state index in [2.05, 4.69) is 25.5 Å². The van der Waals surface area contributed by atoms with Gasteiger partial charge < -0.3 is 5.32 Å². The molecular formula is C17H26N6O. The van der Waals surface area contributed by atoms with Crippen LogP contribution in [0.5, 0.6) is 0 Å². The first-order valence-corrected chi connectivity index (χ1v) is 8.51. The van der Waals surface area contributed by atoms with Crippen molar-refractivity contribution in [1.29, 1.82) is 0 Å². The van der Waals surface area contributed by atoms with E-state index in [0.717, 1.165) is 48.7 Å². The smallest absolute Gasteiger partial charge is 0.241 e. The maximum Gasteiger partial charge on any atom is 0.241 e. The molecule has 2 aromatic rings. The molecule has 0 aromatic carbocycles. The average Bonchev–Trinajstić information content (AvgIpc) is 3.19. The number of H-pyrrole nitrogens is 1. The number of amides is 1. The molecule has 2 N–H and O–H groups in total. The molecule has 130 valence electrons. The lowest BCUT2D eigenvalue weighted by Crippen LogP contribution is -2.46. The van der Waals surface area contributed by atoms with Crippen molar-refractivity contribution in [3.05, 3.63) is 29.3 Å². The molecule has 0 spiro atoms. The lowest BCUT2D eigenvalue weighted by Gasteiger charge is -2.35. The SMILES string of the molecule is Cc1nn(C)c(C)c1NC(=O)[C@H](C)N1CCC[C@H](c2ccn[nH]2)C1. The predicted molar refractivity (Wildman–Crippen MR) is 92.9 cm³/mol. The third-order valence-electron chi connectivity index (χ3n) is 5.10. The molecule has 1 aliphatic rings. The summed E-state index contributed by atoms with van der Waals surface area (Å²) < 4.78 is 1.80. The third kappa shape index (κ3) is 3.21. The van der Waals surface area contributed by atoms with E-state index in [0.29, 0.717) is 5.92 Å². The highest BCUT2D eigenvalue weighted by atomic mass is 16.2. The lowest BCUT2D eigenvalue weighted by atomic mass is 9.94. The second kappa shape index (κ2) is 6.76. The third-order valence-corrected chi connectivity index (χ3v) is 5.10. The topological polar surface area (TPSA) is 78.8 Å². The lowest BCUT2D eigenvalue weighted by molar-refractivity contribution is -0.121. The summed E-state index contributed by atoms with van der Waals surface area (Å²) in [6.45, 7) is 7.69. The highest BCUT2D eigenvalue weighted by Gasteiger charge is 2.29. The van der Waals surface area contributed by atoms with Gasteiger partial charge in [0.15, 0.2) is 0 Å². The molecule has 0 aliphatic carbocycles. The van der Waals surface area contributed by atoms with Crippen molar-refractivity contribution in [2.75, 3.05) is 18.4 Å². The Bertz CT molecular complexity index is 705. The summed E-state index contributed by atoms with van der Waals surface area (Å²) in [6.07, 6.45) is 4.01. The molecule has 1 saturated heterocycles. The number of piperidine rings is 1. The van der Waals surface area contributed by atoms with E-state index in [1.165, 1.54) is 0 Å². The van der Waals surface area contributed by atoms with Gasteiger partial charge in [-0.2, -0.15) is 10.2 Å². The summed E-state index contributed by atoms with van der Waals surface area (Å²) in [5.74, 6) is 0.442. The summed E-state index contributed by atoms with van der Waals surface area (Å²) in [5.41, 5.74) is 3.81. The number of hydrogen-bond acceptors (Lipinski definition) is 4. The monoisotopic (exact) mass is 330 g/mol. The van der Waals surface area contributed by atoms with Gasteiger partial charge in [0.2, 0.25) is 5.91 Å². The van der Waals surface area contributed by atoms with Crippen LogP contribution >= 0.6 is 0 Å². The minimum atomic E-state index is -0.172. The van der Waals surface area contributed by atoms with Gasteiger partial charge in [0.1, 0.15) is 0 Å². The van der Waals surface area contributed by atoms with Crippen LogP contribution in [0.4, 0.5) is 5.69 Å². The van der Waals surface area contributed by atoms with E-state index < -0.39 is 0 Å². The van der Waals surface area contributed by atoms with Crippen molar-refractivity contribution in [1.82, 2.24) is 24.9 Å². The number of aromatic amines is 1. The van der Waals surface area contributed by atoms with Crippen LogP contribution in [0.15, 0.2) is 12.3 Å². The second-order valence-electron chi connectivity index (χ2n) is 6.68. The molecule has 1 amide bonds. The van der Waals surface area contributed by atoms with Gasteiger partial charge in [0.05, 0.1) is 23.1 Å². The number of aryl methyl sites for hydroxylation is 2. The maximum atomic E-state index is 12.7. The zero-order valence-corrected chi connectivity index (χ0v) is 14.8. The van der Waals surface area contributed by atoms with Gasteiger partial charge in [-0.05, 0) is 46.2 Å². The Labute approximate surface area is 142 Å². The van der Waals surface area contributed by atoms with Crippen molar-refractivity contribution < 1.29 is 4.79 Å². The molecule has 0 unspecified atom stereocenters. The minimum Gasteiger partial charge on any atom is -0.322 e. The maximum absolute atomic E-state index is 12.7. The number of aromatic nitrogens is 4. The number of nitrogens with one attached hydrogen (secondary N) is 2. The Morgan fingerprint density at radius 2 is 2.25 bits per heavy atom. The average molecular weight is 330 g/mol. The summed E-state index contributed by atoms with van der Waals surface area (Å²) in [4.78, 5) is 15.0. The number of carbonyl (C=O) groups is 1. The van der Waals surface area contributed by atoms with E-state index in [9.17, 15) is 4.79 Å². The molecule has 1 aliphatic heterocycles. The van der Waals surface area contributed by atoms with Gasteiger partial charge in [0, 0.05) is 31.4 Å². The van der Waals surface area contributed by atoms with E-state index in [1.807, 2.05) is 33.9 Å². The van der Waals surface area contributed by atoms with Gasteiger partial charge in [-0.25, -0.2) is 0 Å². The standard InChI is InChI=1S/C17H26N6O/c1-11-16(12(2)22(4)21-11)19-17(24)13(3)23-9-5-6-14(10-23)15-7-8-18-20-15/h7-8,13-14H,5-6,9-10H2,1-4H3,(H,18,20)(H,19,24)/t13-,14-/m0/s1. The molecule has 1 fully saturated rings. The zero-order chi connectivity index (χ0) is 17.3. The Hall–Kier alpha value is -2.15. The van der Waals surface area contributed by atoms with Gasteiger partial charge in [-0.1, -0.05) is 0 Å². The number of nitrogens with zero attached hydrogens (tertiary/aromatic N) is 4. The number of likely N-dealkylation sites (tertiary alicyclic amines) is 1. The van der Waals surface area contributed by atoms with Gasteiger partial charge in [-0.3, -0.25) is 19.5 Å². The molecule has 3 rings (SSSR count). The molecule has 0 saturated carbocycles. The zero-order valence-electron chi connectivity index (χ0n) is 14.8. The van der Waals surface area contributed by atoms with Crippen LogP contribution in [0.2, 0.25) is 0 Å². The van der Waals surface area contributed by atoms with Gasteiger partial charge >= 0.3 is 0 Å². The van der Waals surface area contributed by atoms with Crippen LogP contribution in [-0.2, 0) is 11.8 Å². The van der Waals surface area contributed by atoms with Crippen molar-refractivity contribution in [3.8, 4) is 0 Å². The van der Waals surface area contributed by atoms with Crippen molar-refractivity contribution >= 4 is 11.6 Å². The van der Waals surface area contributed by atoms with Crippen molar-refractivity contribution in [2.45, 2.75) is 45.6 Å². The summed E-state index contributed by atoms with van der Waals surface area (Å²) in [5, 5.41) is 14.5. The second-order valence-corrected chi connectivity index (χ2v) is 6.68. The Morgan fingerprint density at radius 1 is 1.46 bits per heavy atom. The molecule has 0 bridgehead atoms. The number of hydrogen-bond donors (Lipinski definition) is 2. The quantitative estimate of drug-likeness (QED) is 0.898. The largest absolute Gasteiger partial charge is 0.322 e. The fourth-order valence-electron chi connectivity index (χ4n) is 3.45. The van der Waals surface area contributed by atoms with Crippen LogP contribution < -0.4 is 5.32 Å². The molecule has 7 nitrogen and oxygen atoms in total. The highest BCUT2D eigenvalue weighted by Crippen LogP contribution is 2.27. The van der Waals surface area contributed by atoms with Crippen molar-refractivity contribution in [2.24, 2.45) is 7.05 Å². The van der Waals surface area contributed by atoms with Crippen LogP contribution in [0, 0.1) is 13.8 Å². The first kappa shape index (κ1) is 16.7. The van der Waals surface area contributed by atoms with Crippen LogP contribution in [-0.4, -0.2) is 49.9 Å². The highest BCUT2D eigenvalue weighted by molar-refractivity contribution is 5.95. The molecule has 3 heterocycles. The summed E-state index contributed by atoms with van der Waals surface area (Å²) in [7, 11) is 1.89. The van der Waals surface area contributed by atoms with Crippen molar-refractivity contribution in [3.63, 3.8) is 0 Å². The molecule has 2 atom stereocenters. The number of carbonyl (C=O) groups excluding carboxylic acids is 1. The van der Waals surface area contributed by atoms with E-state index >= 15 is 0 Å². The van der Waals surface area contributed by atoms with E-state index in [-0.39, 0.29) is 11.9 Å². The predicted octanol–water partition coefficient (Wildman–Crippen LogP) is 1.97. The molecule has 24 heavy (non-hydrogen) atoms. The Balaban J connectivity index is 1.66. The van der Waals surface area contributed by atoms with Crippen LogP contribution in [0.25, 0.3) is 0 Å². The van der Waals surface area contributed by atoms with Crippen LogP contribution in [0.1, 0.15) is 42.8 Å². The Morgan fingerprint density at radius 3 is 2.88 bits per heavy atom. The number of rotatable bonds is 4. The molecular weight excluding hydrogens is 304 g/mol. The first-order valence-electron chi connectivity index (χ1n) is 8.51. The molecule has 7 heteroatoms. The van der Waals surface area contributed by atoms with Gasteiger partial charge in [0.25, 0.3) is 0 Å².